The van der Waals surface area contributed by atoms with Crippen LogP contribution in [0.15, 0.2) is 23.0 Å². The predicted octanol–water partition coefficient (Wildman–Crippen LogP) is 7.25. The Bertz CT molecular complexity index is 1650. The molecule has 290 valence electrons. The van der Waals surface area contributed by atoms with E-state index in [2.05, 4.69) is 15.3 Å². The number of esters is 1. The van der Waals surface area contributed by atoms with Crippen LogP contribution < -0.4 is 15.6 Å². The molecule has 11 nitrogen and oxygen atoms in total. The number of likely N-dealkylation sites (tertiary alicyclic amines) is 1. The highest BCUT2D eigenvalue weighted by atomic mass is 19.4. The number of methoxy groups -OCH3 is 1. The average Bonchev–Trinajstić information content (AvgIpc) is 3.66. The van der Waals surface area contributed by atoms with E-state index in [9.17, 15) is 32.3 Å². The van der Waals surface area contributed by atoms with E-state index in [1.165, 1.54) is 12.0 Å². The van der Waals surface area contributed by atoms with Crippen molar-refractivity contribution in [1.82, 2.24) is 20.2 Å². The summed E-state index contributed by atoms with van der Waals surface area (Å²) in [5.41, 5.74) is -3.24. The first-order chi connectivity index (χ1) is 24.2. The number of alkyl carbamates (subject to hydrolysis) is 1. The number of nitrogens with one attached hydrogen (secondary N) is 2. The summed E-state index contributed by atoms with van der Waals surface area (Å²) in [6, 6.07) is 3.03. The summed E-state index contributed by atoms with van der Waals surface area (Å²) in [6.07, 6.45) is -2.88. The number of aryl methyl sites for hydroxylation is 1. The Morgan fingerprint density at radius 1 is 1.08 bits per heavy atom. The van der Waals surface area contributed by atoms with Crippen LogP contribution in [0.3, 0.4) is 0 Å². The van der Waals surface area contributed by atoms with Crippen LogP contribution in [0.4, 0.5) is 18.0 Å². The Kier molecular flexibility index (Phi) is 12.6. The molecule has 1 aliphatic carbocycles. The number of nitrogens with zero attached hydrogens (tertiary/aromatic N) is 2. The molecule has 2 aromatic rings. The number of alkyl halides is 3. The van der Waals surface area contributed by atoms with Crippen molar-refractivity contribution in [2.45, 2.75) is 142 Å². The summed E-state index contributed by atoms with van der Waals surface area (Å²) in [5, 5.41) is 2.49. The third-order valence-electron chi connectivity index (χ3n) is 10.3. The first-order valence-corrected chi connectivity index (χ1v) is 18.4. The normalized spacial score (nSPS) is 23.1. The van der Waals surface area contributed by atoms with E-state index in [0.29, 0.717) is 61.0 Å². The number of carbonyl (C=O) groups is 3. The number of ether oxygens (including phenoxy) is 3. The Morgan fingerprint density at radius 2 is 1.79 bits per heavy atom. The maximum Gasteiger partial charge on any atom is 0.428 e. The van der Waals surface area contributed by atoms with E-state index in [-0.39, 0.29) is 43.7 Å². The van der Waals surface area contributed by atoms with E-state index in [1.54, 1.807) is 59.7 Å². The van der Waals surface area contributed by atoms with Crippen molar-refractivity contribution in [1.29, 1.82) is 0 Å². The summed E-state index contributed by atoms with van der Waals surface area (Å²) >= 11 is 0. The molecule has 0 spiro atoms. The number of hydrogen-bond donors (Lipinski definition) is 2. The van der Waals surface area contributed by atoms with Gasteiger partial charge in [-0.15, -0.1) is 0 Å². The van der Waals surface area contributed by atoms with Gasteiger partial charge in [0, 0.05) is 18.5 Å². The van der Waals surface area contributed by atoms with Crippen LogP contribution in [-0.4, -0.2) is 76.0 Å². The second kappa shape index (κ2) is 16.0. The van der Waals surface area contributed by atoms with Gasteiger partial charge < -0.3 is 29.4 Å². The summed E-state index contributed by atoms with van der Waals surface area (Å²) in [5.74, 6) is -1.66. The minimum absolute atomic E-state index is 0.159. The molecule has 2 fully saturated rings. The van der Waals surface area contributed by atoms with Crippen molar-refractivity contribution in [2.75, 3.05) is 13.7 Å². The number of hydrogen-bond acceptors (Lipinski definition) is 8. The zero-order valence-electron chi connectivity index (χ0n) is 31.7. The number of H-pyrrole nitrogens is 1. The lowest BCUT2D eigenvalue weighted by atomic mass is 9.85. The Labute approximate surface area is 303 Å². The fourth-order valence-electron chi connectivity index (χ4n) is 7.59. The lowest BCUT2D eigenvalue weighted by Crippen LogP contribution is -2.60. The van der Waals surface area contributed by atoms with Crippen LogP contribution >= 0.6 is 0 Å². The molecule has 1 saturated heterocycles. The summed E-state index contributed by atoms with van der Waals surface area (Å²) in [7, 11) is 1.53. The van der Waals surface area contributed by atoms with Crippen LogP contribution in [0.1, 0.15) is 112 Å². The second-order valence-electron chi connectivity index (χ2n) is 16.3. The van der Waals surface area contributed by atoms with Crippen molar-refractivity contribution in [2.24, 2.45) is 17.3 Å². The largest absolute Gasteiger partial charge is 0.497 e. The quantitative estimate of drug-likeness (QED) is 0.172. The molecule has 0 radical (unpaired) electrons. The fourth-order valence-corrected chi connectivity index (χ4v) is 7.59. The fraction of sp³-hybridized carbons (Fsp3) is 0.711. The Balaban J connectivity index is 1.42. The molecule has 4 rings (SSSR count). The van der Waals surface area contributed by atoms with Crippen LogP contribution in [0.25, 0.3) is 11.0 Å². The highest BCUT2D eigenvalue weighted by Crippen LogP contribution is 2.51. The van der Waals surface area contributed by atoms with E-state index in [1.807, 2.05) is 6.92 Å². The summed E-state index contributed by atoms with van der Waals surface area (Å²) in [4.78, 5) is 62.0. The van der Waals surface area contributed by atoms with Gasteiger partial charge in [0.2, 0.25) is 11.5 Å². The molecule has 1 aliphatic heterocycles. The van der Waals surface area contributed by atoms with Crippen LogP contribution in [-0.2, 0) is 25.5 Å². The average molecular weight is 737 g/mol. The molecular weight excluding hydrogens is 681 g/mol. The molecule has 2 amide bonds. The molecule has 1 aromatic heterocycles. The number of benzene rings is 1. The monoisotopic (exact) mass is 736 g/mol. The van der Waals surface area contributed by atoms with E-state index < -0.39 is 58.8 Å². The van der Waals surface area contributed by atoms with Gasteiger partial charge in [-0.1, -0.05) is 47.0 Å². The van der Waals surface area contributed by atoms with Crippen molar-refractivity contribution < 1.29 is 41.8 Å². The summed E-state index contributed by atoms with van der Waals surface area (Å²) in [6.45, 7) is 12.5. The van der Waals surface area contributed by atoms with Crippen molar-refractivity contribution in [3.63, 3.8) is 0 Å². The maximum atomic E-state index is 14.9. The molecule has 4 unspecified atom stereocenters. The van der Waals surface area contributed by atoms with Gasteiger partial charge in [0.1, 0.15) is 29.1 Å². The zero-order valence-corrected chi connectivity index (χ0v) is 31.7. The molecule has 2 aliphatic rings. The van der Waals surface area contributed by atoms with Crippen LogP contribution in [0, 0.1) is 17.3 Å². The van der Waals surface area contributed by atoms with Gasteiger partial charge in [0.15, 0.2) is 0 Å². The minimum Gasteiger partial charge on any atom is -0.497 e. The van der Waals surface area contributed by atoms with E-state index in [0.717, 1.165) is 0 Å². The number of aromatic amines is 1. The summed E-state index contributed by atoms with van der Waals surface area (Å²) < 4.78 is 60.9. The first-order valence-electron chi connectivity index (χ1n) is 18.4. The number of amides is 2. The maximum absolute atomic E-state index is 14.9. The number of fused-ring (bicyclic) bond motifs is 1. The number of unbranched alkanes of at least 4 members (excludes halogenated alkanes) is 2. The molecule has 1 saturated carbocycles. The standard InChI is InChI=1S/C38H55F3N4O7/c1-9-23-19-21-45(29(23)33(48)51-36(5,6)7)32(47)30(35(2,3)4)44-34(49)52-37(38(39,40)41)20-13-15-24(37)14-11-10-12-16-27-31(46)43-28-22-25(50-8)17-18-26(28)42-27/h17-18,22-24,29-30H,9-16,19-21H2,1-8H3,(H,43,46)(H,44,49)/t23?,24?,29?,30-,37?/m1/s1. The number of halogens is 3. The number of carbonyl (C=O) groups excluding carboxylic acids is 3. The number of aromatic nitrogens is 2. The van der Waals surface area contributed by atoms with Gasteiger partial charge in [0.25, 0.3) is 5.56 Å². The van der Waals surface area contributed by atoms with Crippen molar-refractivity contribution in [3.8, 4) is 5.75 Å². The van der Waals surface area contributed by atoms with Gasteiger partial charge in [-0.25, -0.2) is 14.6 Å². The topological polar surface area (TPSA) is 140 Å². The van der Waals surface area contributed by atoms with Gasteiger partial charge in [0.05, 0.1) is 18.1 Å². The molecular formula is C38H55F3N4O7. The number of rotatable bonds is 12. The lowest BCUT2D eigenvalue weighted by Gasteiger charge is -2.39. The van der Waals surface area contributed by atoms with Gasteiger partial charge >= 0.3 is 18.2 Å². The Hall–Kier alpha value is -3.84. The van der Waals surface area contributed by atoms with E-state index >= 15 is 0 Å². The molecule has 2 heterocycles. The molecule has 2 N–H and O–H groups in total. The van der Waals surface area contributed by atoms with Crippen LogP contribution in [0.5, 0.6) is 5.75 Å². The predicted molar refractivity (Wildman–Crippen MR) is 190 cm³/mol. The lowest BCUT2D eigenvalue weighted by molar-refractivity contribution is -0.271. The second-order valence-corrected chi connectivity index (χ2v) is 16.3. The first kappa shape index (κ1) is 40.9. The molecule has 52 heavy (non-hydrogen) atoms. The van der Waals surface area contributed by atoms with E-state index in [4.69, 9.17) is 14.2 Å². The van der Waals surface area contributed by atoms with Crippen molar-refractivity contribution in [3.05, 3.63) is 34.2 Å². The van der Waals surface area contributed by atoms with Gasteiger partial charge in [-0.2, -0.15) is 13.2 Å². The van der Waals surface area contributed by atoms with Gasteiger partial charge in [-0.3, -0.25) is 9.59 Å². The zero-order chi connectivity index (χ0) is 38.6. The highest BCUT2D eigenvalue weighted by Gasteiger charge is 2.64. The minimum atomic E-state index is -4.84. The SMILES string of the molecule is CCC1CCN(C(=O)[C@@H](NC(=O)OC2(C(F)(F)F)CCCC2CCCCCc2nc3ccc(OC)cc3[nH]c2=O)C(C)(C)C)C1C(=O)OC(C)(C)C. The third-order valence-corrected chi connectivity index (χ3v) is 10.3. The van der Waals surface area contributed by atoms with Crippen LogP contribution in [0.2, 0.25) is 0 Å². The Morgan fingerprint density at radius 3 is 2.40 bits per heavy atom. The molecule has 0 bridgehead atoms. The van der Waals surface area contributed by atoms with Crippen molar-refractivity contribution >= 4 is 29.0 Å². The smallest absolute Gasteiger partial charge is 0.428 e. The molecule has 14 heteroatoms. The highest BCUT2D eigenvalue weighted by molar-refractivity contribution is 5.91. The third kappa shape index (κ3) is 9.38. The molecule has 1 aromatic carbocycles. The van der Waals surface area contributed by atoms with Gasteiger partial charge in [-0.05, 0) is 89.2 Å². The molecule has 5 atom stereocenters.